The molecule has 2 aromatic rings. The number of aliphatic carboxylic acids is 1. The second-order valence-electron chi connectivity index (χ2n) is 3.61. The zero-order valence-electron chi connectivity index (χ0n) is 9.67. The number of aromatic nitrogens is 4. The van der Waals surface area contributed by atoms with Crippen LogP contribution in [0.15, 0.2) is 17.3 Å². The Morgan fingerprint density at radius 3 is 2.84 bits per heavy atom. The molecule has 19 heavy (non-hydrogen) atoms. The van der Waals surface area contributed by atoms with Gasteiger partial charge in [-0.2, -0.15) is 4.68 Å². The molecule has 0 saturated heterocycles. The van der Waals surface area contributed by atoms with Gasteiger partial charge in [0.15, 0.2) is 0 Å². The number of carbonyl (C=O) groups is 1. The van der Waals surface area contributed by atoms with Gasteiger partial charge in [-0.25, -0.2) is 0 Å². The van der Waals surface area contributed by atoms with Crippen LogP contribution < -0.4 is 0 Å². The summed E-state index contributed by atoms with van der Waals surface area (Å²) in [7, 11) is 0. The van der Waals surface area contributed by atoms with Gasteiger partial charge in [0.05, 0.1) is 16.5 Å². The molecule has 1 aromatic heterocycles. The summed E-state index contributed by atoms with van der Waals surface area (Å²) in [6.07, 6.45) is 0. The smallest absolute Gasteiger partial charge is 0.313 e. The molecule has 0 aliphatic heterocycles. The fourth-order valence-electron chi connectivity index (χ4n) is 1.34. The summed E-state index contributed by atoms with van der Waals surface area (Å²) in [6.45, 7) is 1.83. The average molecular weight is 319 g/mol. The first-order valence-electron chi connectivity index (χ1n) is 5.08. The average Bonchev–Trinajstić information content (AvgIpc) is 2.79. The molecule has 0 saturated carbocycles. The van der Waals surface area contributed by atoms with Crippen molar-refractivity contribution in [2.24, 2.45) is 0 Å². The van der Waals surface area contributed by atoms with Crippen LogP contribution in [0.3, 0.4) is 0 Å². The molecule has 0 atom stereocenters. The highest BCUT2D eigenvalue weighted by Crippen LogP contribution is 2.29. The number of hydrogen-bond donors (Lipinski definition) is 1. The number of rotatable bonds is 4. The largest absolute Gasteiger partial charge is 0.481 e. The number of benzene rings is 1. The van der Waals surface area contributed by atoms with E-state index >= 15 is 0 Å². The number of thioether (sulfide) groups is 1. The molecule has 9 heteroatoms. The highest BCUT2D eigenvalue weighted by molar-refractivity contribution is 7.99. The van der Waals surface area contributed by atoms with Crippen molar-refractivity contribution in [3.05, 3.63) is 27.7 Å². The van der Waals surface area contributed by atoms with Crippen LogP contribution in [-0.2, 0) is 4.79 Å². The third kappa shape index (κ3) is 3.17. The summed E-state index contributed by atoms with van der Waals surface area (Å²) in [5.74, 6) is -1.09. The van der Waals surface area contributed by atoms with Crippen molar-refractivity contribution in [3.8, 4) is 5.69 Å². The summed E-state index contributed by atoms with van der Waals surface area (Å²) in [6, 6.07) is 3.34. The summed E-state index contributed by atoms with van der Waals surface area (Å²) >= 11 is 13.2. The lowest BCUT2D eigenvalue weighted by Gasteiger charge is -2.08. The van der Waals surface area contributed by atoms with Gasteiger partial charge in [-0.15, -0.1) is 5.10 Å². The van der Waals surface area contributed by atoms with Crippen molar-refractivity contribution in [2.75, 3.05) is 5.75 Å². The maximum atomic E-state index is 10.6. The van der Waals surface area contributed by atoms with Crippen molar-refractivity contribution in [2.45, 2.75) is 12.1 Å². The van der Waals surface area contributed by atoms with Crippen molar-refractivity contribution >= 4 is 40.9 Å². The van der Waals surface area contributed by atoms with Gasteiger partial charge in [-0.3, -0.25) is 4.79 Å². The molecule has 0 spiro atoms. The molecule has 1 heterocycles. The summed E-state index contributed by atoms with van der Waals surface area (Å²) in [5.41, 5.74) is 1.35. The molecular weight excluding hydrogens is 311 g/mol. The molecule has 0 unspecified atom stereocenters. The van der Waals surface area contributed by atoms with Crippen molar-refractivity contribution < 1.29 is 9.90 Å². The normalized spacial score (nSPS) is 10.7. The van der Waals surface area contributed by atoms with Gasteiger partial charge in [0, 0.05) is 5.02 Å². The van der Waals surface area contributed by atoms with Crippen LogP contribution in [0.25, 0.3) is 5.69 Å². The molecule has 100 valence electrons. The van der Waals surface area contributed by atoms with E-state index in [-0.39, 0.29) is 5.75 Å². The van der Waals surface area contributed by atoms with Crippen molar-refractivity contribution in [3.63, 3.8) is 0 Å². The molecule has 0 amide bonds. The molecule has 0 fully saturated rings. The Bertz CT molecular complexity index is 632. The Morgan fingerprint density at radius 1 is 1.42 bits per heavy atom. The fraction of sp³-hybridized carbons (Fsp3) is 0.200. The van der Waals surface area contributed by atoms with E-state index in [1.165, 1.54) is 4.68 Å². The van der Waals surface area contributed by atoms with Crippen LogP contribution in [0.1, 0.15) is 5.56 Å². The minimum Gasteiger partial charge on any atom is -0.481 e. The van der Waals surface area contributed by atoms with E-state index in [4.69, 9.17) is 28.3 Å². The second kappa shape index (κ2) is 5.77. The molecular formula is C10H8Cl2N4O2S. The summed E-state index contributed by atoms with van der Waals surface area (Å²) in [5, 5.41) is 21.0. The predicted octanol–water partition coefficient (Wildman–Crippen LogP) is 2.45. The van der Waals surface area contributed by atoms with E-state index in [0.29, 0.717) is 20.9 Å². The summed E-state index contributed by atoms with van der Waals surface area (Å²) in [4.78, 5) is 10.6. The monoisotopic (exact) mass is 318 g/mol. The zero-order valence-corrected chi connectivity index (χ0v) is 12.0. The van der Waals surface area contributed by atoms with Crippen molar-refractivity contribution in [1.29, 1.82) is 0 Å². The molecule has 0 aliphatic rings. The van der Waals surface area contributed by atoms with Gasteiger partial charge in [-0.1, -0.05) is 35.0 Å². The Hall–Kier alpha value is -1.31. The maximum absolute atomic E-state index is 10.6. The van der Waals surface area contributed by atoms with Gasteiger partial charge < -0.3 is 5.11 Å². The Kier molecular flexibility index (Phi) is 4.28. The number of nitrogens with zero attached hydrogens (tertiary/aromatic N) is 4. The van der Waals surface area contributed by atoms with E-state index in [0.717, 1.165) is 17.3 Å². The molecule has 0 bridgehead atoms. The lowest BCUT2D eigenvalue weighted by molar-refractivity contribution is -0.133. The number of halogens is 2. The number of hydrogen-bond acceptors (Lipinski definition) is 5. The van der Waals surface area contributed by atoms with Crippen LogP contribution in [-0.4, -0.2) is 37.0 Å². The van der Waals surface area contributed by atoms with Gasteiger partial charge in [-0.05, 0) is 35.0 Å². The van der Waals surface area contributed by atoms with Crippen LogP contribution in [0.4, 0.5) is 0 Å². The van der Waals surface area contributed by atoms with E-state index in [1.54, 1.807) is 12.1 Å². The Morgan fingerprint density at radius 2 is 2.16 bits per heavy atom. The van der Waals surface area contributed by atoms with E-state index < -0.39 is 5.97 Å². The third-order valence-electron chi connectivity index (χ3n) is 2.22. The molecule has 0 radical (unpaired) electrons. The van der Waals surface area contributed by atoms with Crippen LogP contribution in [0, 0.1) is 6.92 Å². The molecule has 1 N–H and O–H groups in total. The first kappa shape index (κ1) is 14.1. The standard InChI is InChI=1S/C10H8Cl2N4O2S/c1-5-2-7(12)8(3-6(5)11)16-10(13-14-15-16)19-4-9(17)18/h2-3H,4H2,1H3,(H,17,18). The van der Waals surface area contributed by atoms with E-state index in [2.05, 4.69) is 15.5 Å². The number of tetrazole rings is 1. The fourth-order valence-corrected chi connectivity index (χ4v) is 2.40. The minimum absolute atomic E-state index is 0.141. The quantitative estimate of drug-likeness (QED) is 0.872. The van der Waals surface area contributed by atoms with Crippen LogP contribution in [0.5, 0.6) is 0 Å². The van der Waals surface area contributed by atoms with Gasteiger partial charge in [0.1, 0.15) is 0 Å². The highest BCUT2D eigenvalue weighted by Gasteiger charge is 2.14. The molecule has 2 rings (SSSR count). The van der Waals surface area contributed by atoms with Crippen molar-refractivity contribution in [1.82, 2.24) is 20.2 Å². The Balaban J connectivity index is 2.40. The topological polar surface area (TPSA) is 80.9 Å². The number of carboxylic acids is 1. The molecule has 1 aromatic carbocycles. The van der Waals surface area contributed by atoms with Crippen LogP contribution in [0.2, 0.25) is 10.0 Å². The van der Waals surface area contributed by atoms with Crippen LogP contribution >= 0.6 is 35.0 Å². The lowest BCUT2D eigenvalue weighted by atomic mass is 10.2. The highest BCUT2D eigenvalue weighted by atomic mass is 35.5. The molecule has 6 nitrogen and oxygen atoms in total. The number of aryl methyl sites for hydroxylation is 1. The second-order valence-corrected chi connectivity index (χ2v) is 5.37. The Labute approximate surface area is 122 Å². The minimum atomic E-state index is -0.951. The van der Waals surface area contributed by atoms with Gasteiger partial charge in [0.25, 0.3) is 0 Å². The van der Waals surface area contributed by atoms with Gasteiger partial charge in [0.2, 0.25) is 5.16 Å². The maximum Gasteiger partial charge on any atom is 0.313 e. The SMILES string of the molecule is Cc1cc(Cl)c(-n2nnnc2SCC(=O)O)cc1Cl. The third-order valence-corrected chi connectivity index (χ3v) is 3.84. The zero-order chi connectivity index (χ0) is 14.0. The first-order chi connectivity index (χ1) is 8.99. The first-order valence-corrected chi connectivity index (χ1v) is 6.82. The van der Waals surface area contributed by atoms with E-state index in [1.807, 2.05) is 6.92 Å². The van der Waals surface area contributed by atoms with E-state index in [9.17, 15) is 4.79 Å². The van der Waals surface area contributed by atoms with Gasteiger partial charge >= 0.3 is 5.97 Å². The summed E-state index contributed by atoms with van der Waals surface area (Å²) < 4.78 is 1.36. The molecule has 0 aliphatic carbocycles. The predicted molar refractivity (Wildman–Crippen MR) is 72.3 cm³/mol. The number of carboxylic acid groups (broad SMARTS) is 1. The lowest BCUT2D eigenvalue weighted by Crippen LogP contribution is -2.03.